The first-order chi connectivity index (χ1) is 8.79. The number of sulfonamides is 1. The summed E-state index contributed by atoms with van der Waals surface area (Å²) in [6.45, 7) is 1.01. The summed E-state index contributed by atoms with van der Waals surface area (Å²) in [6.07, 6.45) is 1.70. The summed E-state index contributed by atoms with van der Waals surface area (Å²) >= 11 is 0. The van der Waals surface area contributed by atoms with E-state index < -0.39 is 20.2 Å². The van der Waals surface area contributed by atoms with Crippen molar-refractivity contribution in [2.45, 2.75) is 17.7 Å². The minimum atomic E-state index is -3.77. The molecule has 106 valence electrons. The van der Waals surface area contributed by atoms with Crippen LogP contribution in [0.1, 0.15) is 12.8 Å². The van der Waals surface area contributed by atoms with Gasteiger partial charge >= 0.3 is 10.2 Å². The third-order valence-corrected chi connectivity index (χ3v) is 5.30. The molecule has 0 aliphatic carbocycles. The van der Waals surface area contributed by atoms with E-state index in [-0.39, 0.29) is 4.90 Å². The van der Waals surface area contributed by atoms with Crippen LogP contribution in [-0.2, 0) is 20.2 Å². The van der Waals surface area contributed by atoms with E-state index in [1.807, 2.05) is 0 Å². The minimum Gasteiger partial charge on any atom is -0.271 e. The number of nitrogens with zero attached hydrogens (tertiary/aromatic N) is 1. The number of hydrogen-bond acceptors (Lipinski definition) is 4. The number of nitrogens with two attached hydrogens (primary N) is 1. The maximum atomic E-state index is 12.0. The highest BCUT2D eigenvalue weighted by Crippen LogP contribution is 2.18. The third kappa shape index (κ3) is 3.44. The normalized spacial score (nSPS) is 17.5. The van der Waals surface area contributed by atoms with Gasteiger partial charge in [0.1, 0.15) is 0 Å². The Balaban J connectivity index is 2.16. The smallest absolute Gasteiger partial charge is 0.271 e. The fourth-order valence-electron chi connectivity index (χ4n) is 1.85. The molecule has 1 aromatic rings. The van der Waals surface area contributed by atoms with Crippen LogP contribution in [0.15, 0.2) is 29.2 Å². The van der Waals surface area contributed by atoms with E-state index in [1.165, 1.54) is 28.6 Å². The maximum absolute atomic E-state index is 12.0. The maximum Gasteiger partial charge on any atom is 0.301 e. The van der Waals surface area contributed by atoms with E-state index in [0.717, 1.165) is 12.8 Å². The first-order valence-corrected chi connectivity index (χ1v) is 8.68. The summed E-state index contributed by atoms with van der Waals surface area (Å²) in [4.78, 5) is -0.0587. The number of rotatable bonds is 4. The van der Waals surface area contributed by atoms with E-state index >= 15 is 0 Å². The van der Waals surface area contributed by atoms with Crippen molar-refractivity contribution >= 4 is 25.9 Å². The largest absolute Gasteiger partial charge is 0.301 e. The van der Waals surface area contributed by atoms with Gasteiger partial charge in [0.15, 0.2) is 0 Å². The van der Waals surface area contributed by atoms with E-state index in [9.17, 15) is 16.8 Å². The van der Waals surface area contributed by atoms with E-state index in [0.29, 0.717) is 18.8 Å². The van der Waals surface area contributed by atoms with E-state index in [4.69, 9.17) is 5.14 Å². The van der Waals surface area contributed by atoms with E-state index in [2.05, 4.69) is 4.72 Å². The predicted octanol–water partition coefficient (Wildman–Crippen LogP) is 0.0865. The minimum absolute atomic E-state index is 0.0587. The van der Waals surface area contributed by atoms with Crippen molar-refractivity contribution in [1.82, 2.24) is 4.31 Å². The molecule has 1 aromatic carbocycles. The molecular weight excluding hydrogens is 290 g/mol. The van der Waals surface area contributed by atoms with Crippen LogP contribution in [0.2, 0.25) is 0 Å². The van der Waals surface area contributed by atoms with Crippen LogP contribution in [0.5, 0.6) is 0 Å². The Morgan fingerprint density at radius 1 is 1.00 bits per heavy atom. The molecule has 0 saturated carbocycles. The average Bonchev–Trinajstić information content (AvgIpc) is 2.82. The Bertz CT molecular complexity index is 647. The number of nitrogens with one attached hydrogen (secondary N) is 1. The SMILES string of the molecule is NS(=O)(=O)c1ccc(NS(=O)(=O)N2CCCC2)cc1. The van der Waals surface area contributed by atoms with Gasteiger partial charge in [-0.25, -0.2) is 13.6 Å². The zero-order chi connectivity index (χ0) is 14.1. The molecule has 9 heteroatoms. The van der Waals surface area contributed by atoms with Crippen molar-refractivity contribution < 1.29 is 16.8 Å². The predicted molar refractivity (Wildman–Crippen MR) is 71.2 cm³/mol. The zero-order valence-corrected chi connectivity index (χ0v) is 11.7. The number of anilines is 1. The molecule has 0 bridgehead atoms. The Hall–Kier alpha value is -1.16. The molecule has 1 fully saturated rings. The second kappa shape index (κ2) is 5.08. The Morgan fingerprint density at radius 3 is 2.00 bits per heavy atom. The first kappa shape index (κ1) is 14.3. The van der Waals surface area contributed by atoms with Gasteiger partial charge in [-0.05, 0) is 37.1 Å². The zero-order valence-electron chi connectivity index (χ0n) is 10.1. The van der Waals surface area contributed by atoms with Crippen molar-refractivity contribution in [1.29, 1.82) is 0 Å². The van der Waals surface area contributed by atoms with Crippen molar-refractivity contribution in [2.24, 2.45) is 5.14 Å². The highest BCUT2D eigenvalue weighted by Gasteiger charge is 2.25. The van der Waals surface area contributed by atoms with Crippen LogP contribution in [0.3, 0.4) is 0 Å². The highest BCUT2D eigenvalue weighted by molar-refractivity contribution is 7.90. The van der Waals surface area contributed by atoms with Crippen LogP contribution in [-0.4, -0.2) is 34.2 Å². The standard InChI is InChI=1S/C10H15N3O4S2/c11-18(14,15)10-5-3-9(4-6-10)12-19(16,17)13-7-1-2-8-13/h3-6,12H,1-2,7-8H2,(H2,11,14,15). The third-order valence-electron chi connectivity index (χ3n) is 2.83. The van der Waals surface area contributed by atoms with Gasteiger partial charge in [-0.15, -0.1) is 0 Å². The molecule has 1 aliphatic rings. The molecule has 0 aromatic heterocycles. The summed E-state index contributed by atoms with van der Waals surface area (Å²) in [5.74, 6) is 0. The Labute approximate surface area is 112 Å². The molecule has 1 heterocycles. The lowest BCUT2D eigenvalue weighted by Crippen LogP contribution is -2.33. The highest BCUT2D eigenvalue weighted by atomic mass is 32.2. The van der Waals surface area contributed by atoms with Gasteiger partial charge in [-0.2, -0.15) is 12.7 Å². The molecule has 0 atom stereocenters. The molecule has 0 radical (unpaired) electrons. The van der Waals surface area contributed by atoms with Gasteiger partial charge in [-0.1, -0.05) is 0 Å². The number of hydrogen-bond donors (Lipinski definition) is 2. The Kier molecular flexibility index (Phi) is 3.81. The lowest BCUT2D eigenvalue weighted by molar-refractivity contribution is 0.482. The number of primary sulfonamides is 1. The molecule has 0 amide bonds. The van der Waals surface area contributed by atoms with Crippen molar-refractivity contribution in [2.75, 3.05) is 17.8 Å². The summed E-state index contributed by atoms with van der Waals surface area (Å²) < 4.78 is 49.8. The molecule has 0 unspecified atom stereocenters. The van der Waals surface area contributed by atoms with Gasteiger partial charge in [0, 0.05) is 18.8 Å². The Morgan fingerprint density at radius 2 is 1.53 bits per heavy atom. The van der Waals surface area contributed by atoms with Gasteiger partial charge in [-0.3, -0.25) is 4.72 Å². The van der Waals surface area contributed by atoms with Crippen LogP contribution in [0.4, 0.5) is 5.69 Å². The van der Waals surface area contributed by atoms with Gasteiger partial charge in [0.05, 0.1) is 4.90 Å². The van der Waals surface area contributed by atoms with Crippen molar-refractivity contribution in [3.63, 3.8) is 0 Å². The van der Waals surface area contributed by atoms with Crippen LogP contribution in [0, 0.1) is 0 Å². The molecule has 7 nitrogen and oxygen atoms in total. The summed E-state index contributed by atoms with van der Waals surface area (Å²) in [5, 5.41) is 4.96. The van der Waals surface area contributed by atoms with Crippen LogP contribution < -0.4 is 9.86 Å². The second-order valence-electron chi connectivity index (χ2n) is 4.28. The van der Waals surface area contributed by atoms with Crippen LogP contribution >= 0.6 is 0 Å². The summed E-state index contributed by atoms with van der Waals surface area (Å²) in [7, 11) is -7.33. The lowest BCUT2D eigenvalue weighted by Gasteiger charge is -2.16. The van der Waals surface area contributed by atoms with Crippen molar-refractivity contribution in [3.05, 3.63) is 24.3 Å². The molecule has 2 rings (SSSR count). The number of benzene rings is 1. The fraction of sp³-hybridized carbons (Fsp3) is 0.400. The molecule has 0 spiro atoms. The van der Waals surface area contributed by atoms with E-state index in [1.54, 1.807) is 0 Å². The first-order valence-electron chi connectivity index (χ1n) is 5.70. The van der Waals surface area contributed by atoms with Gasteiger partial charge < -0.3 is 0 Å². The quantitative estimate of drug-likeness (QED) is 0.821. The van der Waals surface area contributed by atoms with Crippen molar-refractivity contribution in [3.8, 4) is 0 Å². The molecular formula is C10H15N3O4S2. The average molecular weight is 305 g/mol. The van der Waals surface area contributed by atoms with Gasteiger partial charge in [0.25, 0.3) is 0 Å². The monoisotopic (exact) mass is 305 g/mol. The van der Waals surface area contributed by atoms with Crippen LogP contribution in [0.25, 0.3) is 0 Å². The summed E-state index contributed by atoms with van der Waals surface area (Å²) in [5.41, 5.74) is 0.305. The molecule has 19 heavy (non-hydrogen) atoms. The summed E-state index contributed by atoms with van der Waals surface area (Å²) in [6, 6.07) is 5.26. The van der Waals surface area contributed by atoms with Gasteiger partial charge in [0.2, 0.25) is 10.0 Å². The molecule has 1 saturated heterocycles. The second-order valence-corrected chi connectivity index (χ2v) is 7.51. The topological polar surface area (TPSA) is 110 Å². The lowest BCUT2D eigenvalue weighted by atomic mass is 10.3. The molecule has 3 N–H and O–H groups in total. The molecule has 1 aliphatic heterocycles. The fourth-order valence-corrected chi connectivity index (χ4v) is 3.67.